The average molecular weight is 195 g/mol. The van der Waals surface area contributed by atoms with Crippen LogP contribution in [0, 0.1) is 0 Å². The van der Waals surface area contributed by atoms with Gasteiger partial charge in [-0.25, -0.2) is 4.98 Å². The number of rotatable bonds is 1. The summed E-state index contributed by atoms with van der Waals surface area (Å²) in [4.78, 5) is 15.0. The van der Waals surface area contributed by atoms with Gasteiger partial charge in [0.2, 0.25) is 0 Å². The van der Waals surface area contributed by atoms with Crippen LogP contribution in [0.5, 0.6) is 0 Å². The number of carboxylic acids is 1. The van der Waals surface area contributed by atoms with Crippen LogP contribution in [-0.4, -0.2) is 26.7 Å². The van der Waals surface area contributed by atoms with Crippen LogP contribution in [0.1, 0.15) is 24.4 Å². The highest BCUT2D eigenvalue weighted by molar-refractivity contribution is 5.74. The summed E-state index contributed by atoms with van der Waals surface area (Å²) >= 11 is 0. The summed E-state index contributed by atoms with van der Waals surface area (Å²) in [5.74, 6) is -0.812. The van der Waals surface area contributed by atoms with E-state index in [0.717, 1.165) is 11.4 Å². The normalized spacial score (nSPS) is 25.9. The van der Waals surface area contributed by atoms with Gasteiger partial charge in [0.25, 0.3) is 0 Å². The minimum Gasteiger partial charge on any atom is -0.480 e. The molecular formula is C9H13N3O2. The van der Waals surface area contributed by atoms with Crippen molar-refractivity contribution in [2.75, 3.05) is 0 Å². The minimum absolute atomic E-state index is 0.0485. The lowest BCUT2D eigenvalue weighted by Crippen LogP contribution is -2.44. The van der Waals surface area contributed by atoms with Crippen molar-refractivity contribution in [2.45, 2.75) is 25.4 Å². The van der Waals surface area contributed by atoms with Crippen molar-refractivity contribution < 1.29 is 9.90 Å². The molecule has 1 aromatic heterocycles. The van der Waals surface area contributed by atoms with Crippen molar-refractivity contribution in [2.24, 2.45) is 7.05 Å². The molecule has 2 atom stereocenters. The van der Waals surface area contributed by atoms with Crippen molar-refractivity contribution in [3.63, 3.8) is 0 Å². The molecule has 0 bridgehead atoms. The Balaban J connectivity index is 2.34. The molecule has 1 aromatic rings. The fourth-order valence-electron chi connectivity index (χ4n) is 1.99. The Kier molecular flexibility index (Phi) is 2.03. The number of aryl methyl sites for hydroxylation is 1. The number of imidazole rings is 1. The molecule has 5 heteroatoms. The fraction of sp³-hybridized carbons (Fsp3) is 0.556. The van der Waals surface area contributed by atoms with E-state index < -0.39 is 12.0 Å². The highest BCUT2D eigenvalue weighted by Gasteiger charge is 2.30. The molecule has 76 valence electrons. The Morgan fingerprint density at radius 3 is 3.14 bits per heavy atom. The maximum absolute atomic E-state index is 10.8. The number of carboxylic acid groups (broad SMARTS) is 1. The molecule has 0 saturated heterocycles. The fourth-order valence-corrected chi connectivity index (χ4v) is 1.99. The number of aliphatic carboxylic acids is 1. The van der Waals surface area contributed by atoms with E-state index in [2.05, 4.69) is 10.3 Å². The van der Waals surface area contributed by atoms with Gasteiger partial charge in [0.1, 0.15) is 6.04 Å². The number of carbonyl (C=O) groups is 1. The Morgan fingerprint density at radius 1 is 1.79 bits per heavy atom. The Hall–Kier alpha value is -1.36. The third-order valence-electron chi connectivity index (χ3n) is 2.62. The summed E-state index contributed by atoms with van der Waals surface area (Å²) in [6.07, 6.45) is 2.20. The number of fused-ring (bicyclic) bond motifs is 1. The van der Waals surface area contributed by atoms with Crippen LogP contribution in [0.2, 0.25) is 0 Å². The summed E-state index contributed by atoms with van der Waals surface area (Å²) in [7, 11) is 1.92. The number of nitrogens with zero attached hydrogens (tertiary/aromatic N) is 2. The third-order valence-corrected chi connectivity index (χ3v) is 2.62. The first-order chi connectivity index (χ1) is 6.59. The van der Waals surface area contributed by atoms with Crippen LogP contribution in [0.15, 0.2) is 6.33 Å². The lowest BCUT2D eigenvalue weighted by molar-refractivity contribution is -0.139. The molecule has 0 spiro atoms. The summed E-state index contributed by atoms with van der Waals surface area (Å²) in [5, 5.41) is 11.9. The predicted molar refractivity (Wildman–Crippen MR) is 49.9 cm³/mol. The molecule has 0 radical (unpaired) electrons. The molecular weight excluding hydrogens is 182 g/mol. The van der Waals surface area contributed by atoms with E-state index in [1.54, 1.807) is 6.33 Å². The van der Waals surface area contributed by atoms with Gasteiger partial charge in [-0.2, -0.15) is 0 Å². The lowest BCUT2D eigenvalue weighted by atomic mass is 10.0. The maximum atomic E-state index is 10.8. The summed E-state index contributed by atoms with van der Waals surface area (Å²) < 4.78 is 1.94. The Morgan fingerprint density at radius 2 is 2.50 bits per heavy atom. The molecule has 5 nitrogen and oxygen atoms in total. The lowest BCUT2D eigenvalue weighted by Gasteiger charge is -2.26. The van der Waals surface area contributed by atoms with Crippen molar-refractivity contribution in [3.8, 4) is 0 Å². The van der Waals surface area contributed by atoms with Gasteiger partial charge in [-0.15, -0.1) is 0 Å². The van der Waals surface area contributed by atoms with E-state index in [1.165, 1.54) is 0 Å². The van der Waals surface area contributed by atoms with Gasteiger partial charge < -0.3 is 9.67 Å². The highest BCUT2D eigenvalue weighted by atomic mass is 16.4. The minimum atomic E-state index is -0.812. The van der Waals surface area contributed by atoms with Gasteiger partial charge in [-0.1, -0.05) is 0 Å². The largest absolute Gasteiger partial charge is 0.480 e. The van der Waals surface area contributed by atoms with Crippen LogP contribution in [-0.2, 0) is 18.3 Å². The average Bonchev–Trinajstić information content (AvgIpc) is 2.48. The summed E-state index contributed by atoms with van der Waals surface area (Å²) in [6.45, 7) is 1.95. The molecule has 2 N–H and O–H groups in total. The second-order valence-electron chi connectivity index (χ2n) is 3.67. The standard InChI is InChI=1S/C9H13N3O2/c1-5-8-6(10-4-12(8)2)3-7(11-5)9(13)14/h4-5,7,11H,3H2,1-2H3,(H,13,14)/t5?,7-/m1/s1. The van der Waals surface area contributed by atoms with Crippen LogP contribution in [0.3, 0.4) is 0 Å². The zero-order valence-electron chi connectivity index (χ0n) is 8.19. The topological polar surface area (TPSA) is 67.2 Å². The van der Waals surface area contributed by atoms with Gasteiger partial charge in [0.05, 0.1) is 17.7 Å². The smallest absolute Gasteiger partial charge is 0.321 e. The van der Waals surface area contributed by atoms with Crippen molar-refractivity contribution in [3.05, 3.63) is 17.7 Å². The highest BCUT2D eigenvalue weighted by Crippen LogP contribution is 2.23. The van der Waals surface area contributed by atoms with E-state index >= 15 is 0 Å². The van der Waals surface area contributed by atoms with Crippen LogP contribution in [0.4, 0.5) is 0 Å². The van der Waals surface area contributed by atoms with Gasteiger partial charge in [-0.3, -0.25) is 10.1 Å². The monoisotopic (exact) mass is 195 g/mol. The van der Waals surface area contributed by atoms with E-state index in [-0.39, 0.29) is 6.04 Å². The van der Waals surface area contributed by atoms with Crippen molar-refractivity contribution in [1.82, 2.24) is 14.9 Å². The number of nitrogens with one attached hydrogen (secondary N) is 1. The Labute approximate surface area is 81.8 Å². The molecule has 0 fully saturated rings. The van der Waals surface area contributed by atoms with Gasteiger partial charge in [0.15, 0.2) is 0 Å². The number of aromatic nitrogens is 2. The molecule has 2 heterocycles. The van der Waals surface area contributed by atoms with Crippen molar-refractivity contribution in [1.29, 1.82) is 0 Å². The Bertz CT molecular complexity index is 372. The van der Waals surface area contributed by atoms with E-state index in [9.17, 15) is 4.79 Å². The van der Waals surface area contributed by atoms with E-state index in [0.29, 0.717) is 6.42 Å². The molecule has 1 aliphatic rings. The zero-order valence-corrected chi connectivity index (χ0v) is 8.19. The van der Waals surface area contributed by atoms with Gasteiger partial charge in [-0.05, 0) is 6.92 Å². The second kappa shape index (κ2) is 3.09. The molecule has 0 aromatic carbocycles. The van der Waals surface area contributed by atoms with Crippen LogP contribution >= 0.6 is 0 Å². The first-order valence-corrected chi connectivity index (χ1v) is 4.58. The summed E-state index contributed by atoms with van der Waals surface area (Å²) in [6, 6.07) is -0.459. The third kappa shape index (κ3) is 1.29. The van der Waals surface area contributed by atoms with Crippen molar-refractivity contribution >= 4 is 5.97 Å². The molecule has 14 heavy (non-hydrogen) atoms. The zero-order chi connectivity index (χ0) is 10.3. The SMILES string of the molecule is CC1N[C@@H](C(=O)O)Cc2ncn(C)c21. The molecule has 0 saturated carbocycles. The van der Waals surface area contributed by atoms with Gasteiger partial charge >= 0.3 is 5.97 Å². The molecule has 1 aliphatic heterocycles. The molecule has 2 rings (SSSR count). The second-order valence-corrected chi connectivity index (χ2v) is 3.67. The number of hydrogen-bond acceptors (Lipinski definition) is 3. The van der Waals surface area contributed by atoms with E-state index in [4.69, 9.17) is 5.11 Å². The molecule has 1 unspecified atom stereocenters. The quantitative estimate of drug-likeness (QED) is 0.666. The first-order valence-electron chi connectivity index (χ1n) is 4.58. The molecule has 0 aliphatic carbocycles. The summed E-state index contributed by atoms with van der Waals surface area (Å²) in [5.41, 5.74) is 1.98. The molecule has 0 amide bonds. The first kappa shape index (κ1) is 9.21. The maximum Gasteiger partial charge on any atom is 0.321 e. The van der Waals surface area contributed by atoms with E-state index in [1.807, 2.05) is 18.5 Å². The van der Waals surface area contributed by atoms with Gasteiger partial charge in [0, 0.05) is 19.5 Å². The van der Waals surface area contributed by atoms with Crippen LogP contribution in [0.25, 0.3) is 0 Å². The predicted octanol–water partition coefficient (Wildman–Crippen LogP) is 0.0800. The van der Waals surface area contributed by atoms with Crippen LogP contribution < -0.4 is 5.32 Å². The number of hydrogen-bond donors (Lipinski definition) is 2.